The minimum absolute atomic E-state index is 0.146. The number of nitrogens with zero attached hydrogens (tertiary/aromatic N) is 1. The normalized spacial score (nSPS) is 17.3. The smallest absolute Gasteiger partial charge is 0.414 e. The lowest BCUT2D eigenvalue weighted by molar-refractivity contribution is -0.159. The molecule has 0 radical (unpaired) electrons. The molecule has 25 heavy (non-hydrogen) atoms. The molecule has 0 aliphatic carbocycles. The highest BCUT2D eigenvalue weighted by atomic mass is 19.1. The van der Waals surface area contributed by atoms with Gasteiger partial charge in [0.25, 0.3) is 0 Å². The van der Waals surface area contributed by atoms with E-state index in [-0.39, 0.29) is 5.82 Å². The first-order valence-electron chi connectivity index (χ1n) is 8.34. The van der Waals surface area contributed by atoms with Crippen LogP contribution in [-0.4, -0.2) is 51.7 Å². The Hall–Kier alpha value is -2.41. The molecule has 1 unspecified atom stereocenters. The number of hydrogen-bond acceptors (Lipinski definition) is 3. The average Bonchev–Trinajstić information content (AvgIpc) is 3.16. The number of carbonyl (C=O) groups is 2. The summed E-state index contributed by atoms with van der Waals surface area (Å²) < 4.78 is 13.3. The number of hydrogen-bond donors (Lipinski definition) is 3. The van der Waals surface area contributed by atoms with Gasteiger partial charge in [-0.25, -0.2) is 14.0 Å². The zero-order chi connectivity index (χ0) is 18.4. The van der Waals surface area contributed by atoms with Crippen molar-refractivity contribution in [1.82, 2.24) is 9.88 Å². The van der Waals surface area contributed by atoms with Gasteiger partial charge in [0, 0.05) is 23.6 Å². The van der Waals surface area contributed by atoms with Gasteiger partial charge in [-0.2, -0.15) is 0 Å². The number of benzene rings is 1. The number of aromatic amines is 1. The van der Waals surface area contributed by atoms with Gasteiger partial charge in [0.15, 0.2) is 0 Å². The molecule has 1 aromatic heterocycles. The Labute approximate surface area is 145 Å². The molecule has 1 saturated heterocycles. The minimum atomic E-state index is -1.82. The van der Waals surface area contributed by atoms with Crippen molar-refractivity contribution < 1.29 is 24.2 Å². The van der Waals surface area contributed by atoms with Crippen molar-refractivity contribution in [1.29, 1.82) is 0 Å². The Morgan fingerprint density at radius 1 is 1.32 bits per heavy atom. The molecule has 0 spiro atoms. The van der Waals surface area contributed by atoms with Crippen LogP contribution < -0.4 is 0 Å². The molecule has 2 aromatic rings. The molecule has 1 aliphatic rings. The van der Waals surface area contributed by atoms with Gasteiger partial charge in [-0.05, 0) is 62.0 Å². The Morgan fingerprint density at radius 3 is 2.68 bits per heavy atom. The van der Waals surface area contributed by atoms with E-state index in [2.05, 4.69) is 16.8 Å². The summed E-state index contributed by atoms with van der Waals surface area (Å²) in [5, 5.41) is 15.8. The molecule has 0 amide bonds. The Kier molecular flexibility index (Phi) is 6.52. The standard InChI is InChI=1S/C16H21FN2.C2H2O4/c1-2-6-19-7-5-12(11-19)8-13-10-18-16-4-3-14(17)9-15(13)16;3-1(4)2(5)6/h3-4,9-10,12,18H,2,5-8,11H2,1H3;(H,3,4)(H,5,6). The number of carboxylic acid groups (broad SMARTS) is 2. The Balaban J connectivity index is 0.000000326. The van der Waals surface area contributed by atoms with Crippen LogP contribution in [-0.2, 0) is 16.0 Å². The van der Waals surface area contributed by atoms with E-state index >= 15 is 0 Å². The van der Waals surface area contributed by atoms with Gasteiger partial charge in [0.2, 0.25) is 0 Å². The van der Waals surface area contributed by atoms with Crippen LogP contribution in [0.15, 0.2) is 24.4 Å². The van der Waals surface area contributed by atoms with Gasteiger partial charge in [0.05, 0.1) is 0 Å². The number of nitrogens with one attached hydrogen (secondary N) is 1. The molecule has 136 valence electrons. The van der Waals surface area contributed by atoms with Crippen LogP contribution >= 0.6 is 0 Å². The summed E-state index contributed by atoms with van der Waals surface area (Å²) in [5.41, 5.74) is 2.30. The molecule has 2 heterocycles. The summed E-state index contributed by atoms with van der Waals surface area (Å²) >= 11 is 0. The molecule has 0 bridgehead atoms. The predicted molar refractivity (Wildman–Crippen MR) is 92.1 cm³/mol. The van der Waals surface area contributed by atoms with Crippen molar-refractivity contribution in [3.8, 4) is 0 Å². The molecular weight excluding hydrogens is 327 g/mol. The second kappa shape index (κ2) is 8.62. The highest BCUT2D eigenvalue weighted by Gasteiger charge is 2.22. The monoisotopic (exact) mass is 350 g/mol. The van der Waals surface area contributed by atoms with E-state index in [0.29, 0.717) is 5.92 Å². The fraction of sp³-hybridized carbons (Fsp3) is 0.444. The van der Waals surface area contributed by atoms with Gasteiger partial charge in [-0.3, -0.25) is 0 Å². The number of H-pyrrole nitrogens is 1. The van der Waals surface area contributed by atoms with Crippen LogP contribution in [0.5, 0.6) is 0 Å². The predicted octanol–water partition coefficient (Wildman–Crippen LogP) is 2.74. The second-order valence-electron chi connectivity index (χ2n) is 6.27. The third kappa shape index (κ3) is 5.29. The van der Waals surface area contributed by atoms with Crippen molar-refractivity contribution in [2.75, 3.05) is 19.6 Å². The first-order chi connectivity index (χ1) is 11.9. The molecule has 3 rings (SSSR count). The number of carboxylic acids is 2. The van der Waals surface area contributed by atoms with Crippen molar-refractivity contribution in [2.45, 2.75) is 26.2 Å². The first-order valence-corrected chi connectivity index (χ1v) is 8.34. The van der Waals surface area contributed by atoms with Crippen molar-refractivity contribution >= 4 is 22.8 Å². The molecular formula is C18H23FN2O4. The third-order valence-corrected chi connectivity index (χ3v) is 4.33. The molecule has 1 atom stereocenters. The van der Waals surface area contributed by atoms with Gasteiger partial charge < -0.3 is 20.1 Å². The molecule has 1 aliphatic heterocycles. The molecule has 6 nitrogen and oxygen atoms in total. The number of aromatic nitrogens is 1. The first kappa shape index (κ1) is 18.9. The summed E-state index contributed by atoms with van der Waals surface area (Å²) in [6.45, 7) is 5.85. The highest BCUT2D eigenvalue weighted by molar-refractivity contribution is 6.27. The maximum atomic E-state index is 13.3. The topological polar surface area (TPSA) is 93.6 Å². The molecule has 1 fully saturated rings. The zero-order valence-corrected chi connectivity index (χ0v) is 14.2. The van der Waals surface area contributed by atoms with Crippen LogP contribution in [0.1, 0.15) is 25.3 Å². The maximum absolute atomic E-state index is 13.3. The van der Waals surface area contributed by atoms with Crippen molar-refractivity contribution in [3.05, 3.63) is 35.8 Å². The van der Waals surface area contributed by atoms with E-state index in [1.807, 2.05) is 12.3 Å². The zero-order valence-electron chi connectivity index (χ0n) is 14.2. The fourth-order valence-electron chi connectivity index (χ4n) is 3.23. The van der Waals surface area contributed by atoms with Gasteiger partial charge in [-0.15, -0.1) is 0 Å². The SMILES string of the molecule is CCCN1CCC(Cc2c[nH]c3ccc(F)cc23)C1.O=C(O)C(=O)O. The van der Waals surface area contributed by atoms with E-state index in [0.717, 1.165) is 17.3 Å². The van der Waals surface area contributed by atoms with Crippen molar-refractivity contribution in [3.63, 3.8) is 0 Å². The lowest BCUT2D eigenvalue weighted by Crippen LogP contribution is -2.21. The average molecular weight is 350 g/mol. The number of rotatable bonds is 4. The summed E-state index contributed by atoms with van der Waals surface area (Å²) in [6, 6.07) is 4.99. The summed E-state index contributed by atoms with van der Waals surface area (Å²) in [4.78, 5) is 24.0. The number of halogens is 1. The van der Waals surface area contributed by atoms with E-state index in [1.165, 1.54) is 44.1 Å². The van der Waals surface area contributed by atoms with Gasteiger partial charge in [-0.1, -0.05) is 6.92 Å². The third-order valence-electron chi connectivity index (χ3n) is 4.33. The van der Waals surface area contributed by atoms with Crippen LogP contribution in [0.3, 0.4) is 0 Å². The van der Waals surface area contributed by atoms with E-state index in [9.17, 15) is 4.39 Å². The van der Waals surface area contributed by atoms with Crippen LogP contribution in [0.4, 0.5) is 4.39 Å². The summed E-state index contributed by atoms with van der Waals surface area (Å²) in [7, 11) is 0. The van der Waals surface area contributed by atoms with E-state index in [4.69, 9.17) is 19.8 Å². The molecule has 7 heteroatoms. The summed E-state index contributed by atoms with van der Waals surface area (Å²) in [5.74, 6) is -3.08. The van der Waals surface area contributed by atoms with Crippen LogP contribution in [0.2, 0.25) is 0 Å². The highest BCUT2D eigenvalue weighted by Crippen LogP contribution is 2.26. The lowest BCUT2D eigenvalue weighted by atomic mass is 9.98. The minimum Gasteiger partial charge on any atom is -0.473 e. The number of likely N-dealkylation sites (tertiary alicyclic amines) is 1. The molecule has 1 aromatic carbocycles. The quantitative estimate of drug-likeness (QED) is 0.737. The number of aliphatic carboxylic acids is 2. The molecule has 3 N–H and O–H groups in total. The van der Waals surface area contributed by atoms with Gasteiger partial charge in [0.1, 0.15) is 5.82 Å². The Morgan fingerprint density at radius 2 is 2.04 bits per heavy atom. The van der Waals surface area contributed by atoms with Crippen LogP contribution in [0.25, 0.3) is 10.9 Å². The molecule has 0 saturated carbocycles. The fourth-order valence-corrected chi connectivity index (χ4v) is 3.23. The van der Waals surface area contributed by atoms with E-state index < -0.39 is 11.9 Å². The largest absolute Gasteiger partial charge is 0.473 e. The number of fused-ring (bicyclic) bond motifs is 1. The maximum Gasteiger partial charge on any atom is 0.414 e. The van der Waals surface area contributed by atoms with Gasteiger partial charge >= 0.3 is 11.9 Å². The lowest BCUT2D eigenvalue weighted by Gasteiger charge is -2.14. The summed E-state index contributed by atoms with van der Waals surface area (Å²) in [6.07, 6.45) is 5.60. The van der Waals surface area contributed by atoms with Crippen molar-refractivity contribution in [2.24, 2.45) is 5.92 Å². The van der Waals surface area contributed by atoms with E-state index in [1.54, 1.807) is 6.07 Å². The Bertz CT molecular complexity index is 732. The van der Waals surface area contributed by atoms with Crippen LogP contribution in [0, 0.1) is 11.7 Å². The second-order valence-corrected chi connectivity index (χ2v) is 6.27.